The van der Waals surface area contributed by atoms with Gasteiger partial charge in [-0.2, -0.15) is 26.3 Å². The number of amides is 1. The number of nitrogens with zero attached hydrogens (tertiary/aromatic N) is 1. The normalized spacial score (nSPS) is 18.0. The van der Waals surface area contributed by atoms with Crippen LogP contribution in [0.2, 0.25) is 0 Å². The van der Waals surface area contributed by atoms with Crippen molar-refractivity contribution in [2.75, 3.05) is 0 Å². The Morgan fingerprint density at radius 1 is 0.900 bits per heavy atom. The molecule has 0 unspecified atom stereocenters. The number of hydrogen-bond donors (Lipinski definition) is 0. The minimum Gasteiger partial charge on any atom is -0.439 e. The summed E-state index contributed by atoms with van der Waals surface area (Å²) in [6, 6.07) is 8.83. The lowest BCUT2D eigenvalue weighted by Gasteiger charge is -2.24. The average Bonchev–Trinajstić information content (AvgIpc) is 3.16. The quantitative estimate of drug-likeness (QED) is 0.276. The van der Waals surface area contributed by atoms with Gasteiger partial charge in [-0.25, -0.2) is 13.6 Å². The summed E-state index contributed by atoms with van der Waals surface area (Å²) in [5, 5.41) is 0. The minimum atomic E-state index is -4.78. The number of alkyl halides is 7. The summed E-state index contributed by atoms with van der Waals surface area (Å²) in [5.41, 5.74) is -1.26. The van der Waals surface area contributed by atoms with Crippen LogP contribution in [0.25, 0.3) is 11.1 Å². The number of carbonyl (C=O) groups excluding carboxylic acids is 1. The van der Waals surface area contributed by atoms with Gasteiger partial charge in [0.25, 0.3) is 0 Å². The Morgan fingerprint density at radius 3 is 2.17 bits per heavy atom. The third-order valence-electron chi connectivity index (χ3n) is 6.92. The highest BCUT2D eigenvalue weighted by Crippen LogP contribution is 2.40. The van der Waals surface area contributed by atoms with Gasteiger partial charge in [-0.1, -0.05) is 26.0 Å². The molecule has 1 heterocycles. The van der Waals surface area contributed by atoms with Crippen LogP contribution in [0, 0.1) is 5.82 Å². The summed E-state index contributed by atoms with van der Waals surface area (Å²) in [4.78, 5) is 14.0. The number of ether oxygens (including phenoxy) is 1. The van der Waals surface area contributed by atoms with Crippen LogP contribution in [0.4, 0.5) is 39.9 Å². The monoisotopic (exact) mass is 571 g/mol. The molecule has 11 heteroatoms. The highest BCUT2D eigenvalue weighted by atomic mass is 19.4. The van der Waals surface area contributed by atoms with E-state index in [2.05, 4.69) is 0 Å². The number of cyclic esters (lactones) is 1. The summed E-state index contributed by atoms with van der Waals surface area (Å²) in [6.07, 6.45) is -11.7. The van der Waals surface area contributed by atoms with Crippen molar-refractivity contribution in [2.45, 2.75) is 64.4 Å². The Balaban J connectivity index is 1.75. The highest BCUT2D eigenvalue weighted by molar-refractivity contribution is 5.73. The molecule has 3 nitrogen and oxygen atoms in total. The summed E-state index contributed by atoms with van der Waals surface area (Å²) < 4.78 is 114. The van der Waals surface area contributed by atoms with Gasteiger partial charge in [0.2, 0.25) is 0 Å². The topological polar surface area (TPSA) is 29.5 Å². The maximum Gasteiger partial charge on any atom is 0.416 e. The first-order valence-corrected chi connectivity index (χ1v) is 12.3. The van der Waals surface area contributed by atoms with Gasteiger partial charge in [0.05, 0.1) is 23.7 Å². The molecule has 1 aliphatic rings. The van der Waals surface area contributed by atoms with Gasteiger partial charge >= 0.3 is 18.4 Å². The molecule has 3 aromatic rings. The molecule has 1 saturated heterocycles. The molecule has 0 bridgehead atoms. The van der Waals surface area contributed by atoms with Gasteiger partial charge in [0.1, 0.15) is 18.6 Å². The van der Waals surface area contributed by atoms with Crippen molar-refractivity contribution in [3.8, 4) is 11.1 Å². The largest absolute Gasteiger partial charge is 0.439 e. The second-order valence-electron chi connectivity index (χ2n) is 10.0. The zero-order chi connectivity index (χ0) is 29.6. The SMILES string of the molecule is CC(C)c1cc(-c2ccc(C(F)(F)F)cc2CN2C(=O)O[C@H](c3cc(CF)cc(C(F)(F)F)c3)[C@@H]2C)ccc1F. The van der Waals surface area contributed by atoms with Crippen LogP contribution in [0.15, 0.2) is 54.6 Å². The van der Waals surface area contributed by atoms with Crippen LogP contribution in [-0.2, 0) is 30.3 Å². The predicted octanol–water partition coefficient (Wildman–Crippen LogP) is 9.21. The third kappa shape index (κ3) is 5.93. The van der Waals surface area contributed by atoms with Crippen LogP contribution >= 0.6 is 0 Å². The molecule has 1 fully saturated rings. The maximum atomic E-state index is 14.3. The smallest absolute Gasteiger partial charge is 0.416 e. The standard InChI is InChI=1S/C29H25F8NO2/c1-15(2)24-12-18(4-7-25(24)31)23-6-5-21(28(32,33)34)11-20(23)14-38-16(3)26(40-27(38)39)19-8-17(13-30)9-22(10-19)29(35,36)37/h4-12,15-16,26H,13-14H2,1-3H3/t16-,26-/m0/s1. The zero-order valence-corrected chi connectivity index (χ0v) is 21.6. The van der Waals surface area contributed by atoms with Gasteiger partial charge in [-0.05, 0) is 88.7 Å². The van der Waals surface area contributed by atoms with E-state index in [1.54, 1.807) is 13.8 Å². The molecular formula is C29H25F8NO2. The maximum absolute atomic E-state index is 14.3. The van der Waals surface area contributed by atoms with E-state index in [1.165, 1.54) is 31.2 Å². The highest BCUT2D eigenvalue weighted by Gasteiger charge is 2.42. The fourth-order valence-corrected chi connectivity index (χ4v) is 4.80. The van der Waals surface area contributed by atoms with E-state index in [0.29, 0.717) is 22.8 Å². The van der Waals surface area contributed by atoms with E-state index in [-0.39, 0.29) is 29.2 Å². The molecule has 2 atom stereocenters. The molecule has 4 rings (SSSR count). The van der Waals surface area contributed by atoms with Gasteiger partial charge in [0.15, 0.2) is 0 Å². The summed E-state index contributed by atoms with van der Waals surface area (Å²) in [5.74, 6) is -0.686. The van der Waals surface area contributed by atoms with Crippen LogP contribution in [-0.4, -0.2) is 17.0 Å². The van der Waals surface area contributed by atoms with Crippen molar-refractivity contribution in [2.24, 2.45) is 0 Å². The van der Waals surface area contributed by atoms with Crippen molar-refractivity contribution in [3.63, 3.8) is 0 Å². The van der Waals surface area contributed by atoms with Gasteiger partial charge < -0.3 is 4.74 Å². The molecule has 1 aliphatic heterocycles. The molecule has 214 valence electrons. The molecule has 0 radical (unpaired) electrons. The molecule has 1 amide bonds. The third-order valence-corrected chi connectivity index (χ3v) is 6.92. The van der Waals surface area contributed by atoms with Crippen molar-refractivity contribution in [3.05, 3.63) is 93.8 Å². The number of hydrogen-bond acceptors (Lipinski definition) is 2. The first-order chi connectivity index (χ1) is 18.6. The Bertz CT molecular complexity index is 1410. The first-order valence-electron chi connectivity index (χ1n) is 12.3. The van der Waals surface area contributed by atoms with Crippen molar-refractivity contribution in [1.29, 1.82) is 0 Å². The molecule has 40 heavy (non-hydrogen) atoms. The fourth-order valence-electron chi connectivity index (χ4n) is 4.80. The van der Waals surface area contributed by atoms with Gasteiger partial charge in [-0.3, -0.25) is 4.90 Å². The minimum absolute atomic E-state index is 0.0779. The molecule has 3 aromatic carbocycles. The lowest BCUT2D eigenvalue weighted by molar-refractivity contribution is -0.138. The van der Waals surface area contributed by atoms with Gasteiger partial charge in [0, 0.05) is 0 Å². The second-order valence-corrected chi connectivity index (χ2v) is 10.0. The second kappa shape index (κ2) is 10.7. The van der Waals surface area contributed by atoms with E-state index in [9.17, 15) is 39.9 Å². The lowest BCUT2D eigenvalue weighted by Crippen LogP contribution is -2.31. The number of benzene rings is 3. The summed E-state index contributed by atoms with van der Waals surface area (Å²) in [7, 11) is 0. The van der Waals surface area contributed by atoms with E-state index in [0.717, 1.165) is 29.2 Å². The number of halogens is 8. The summed E-state index contributed by atoms with van der Waals surface area (Å²) in [6.45, 7) is 3.45. The average molecular weight is 572 g/mol. The van der Waals surface area contributed by atoms with E-state index in [1.807, 2.05) is 0 Å². The van der Waals surface area contributed by atoms with E-state index >= 15 is 0 Å². The summed E-state index contributed by atoms with van der Waals surface area (Å²) >= 11 is 0. The van der Waals surface area contributed by atoms with Crippen molar-refractivity contribution in [1.82, 2.24) is 4.90 Å². The van der Waals surface area contributed by atoms with Crippen molar-refractivity contribution < 1.29 is 44.7 Å². The van der Waals surface area contributed by atoms with Crippen molar-refractivity contribution >= 4 is 6.09 Å². The van der Waals surface area contributed by atoms with Gasteiger partial charge in [-0.15, -0.1) is 0 Å². The molecular weight excluding hydrogens is 546 g/mol. The fraction of sp³-hybridized carbons (Fsp3) is 0.345. The van der Waals surface area contributed by atoms with Crippen LogP contribution < -0.4 is 0 Å². The Labute approximate surface area is 225 Å². The Kier molecular flexibility index (Phi) is 7.88. The van der Waals surface area contributed by atoms with E-state index in [4.69, 9.17) is 4.74 Å². The number of carbonyl (C=O) groups is 1. The molecule has 0 N–H and O–H groups in total. The first kappa shape index (κ1) is 29.4. The Hall–Kier alpha value is -3.63. The van der Waals surface area contributed by atoms with Crippen LogP contribution in [0.1, 0.15) is 66.2 Å². The molecule has 0 aliphatic carbocycles. The lowest BCUT2D eigenvalue weighted by atomic mass is 9.92. The molecule has 0 spiro atoms. The predicted molar refractivity (Wildman–Crippen MR) is 131 cm³/mol. The molecule has 0 saturated carbocycles. The van der Waals surface area contributed by atoms with Crippen LogP contribution in [0.5, 0.6) is 0 Å². The Morgan fingerprint density at radius 2 is 1.57 bits per heavy atom. The van der Waals surface area contributed by atoms with E-state index < -0.39 is 54.2 Å². The van der Waals surface area contributed by atoms with Crippen LogP contribution in [0.3, 0.4) is 0 Å². The zero-order valence-electron chi connectivity index (χ0n) is 21.6. The number of rotatable bonds is 6. The molecule has 0 aromatic heterocycles.